The van der Waals surface area contributed by atoms with Gasteiger partial charge in [0.2, 0.25) is 5.91 Å². The molecule has 1 N–H and O–H groups in total. The average molecular weight is 229 g/mol. The Bertz CT molecular complexity index is 467. The van der Waals surface area contributed by atoms with Gasteiger partial charge in [-0.25, -0.2) is 9.98 Å². The van der Waals surface area contributed by atoms with Gasteiger partial charge in [0, 0.05) is 25.3 Å². The molecule has 4 nitrogen and oxygen atoms in total. The van der Waals surface area contributed by atoms with Crippen molar-refractivity contribution < 1.29 is 4.79 Å². The van der Waals surface area contributed by atoms with Crippen molar-refractivity contribution in [2.45, 2.75) is 25.7 Å². The summed E-state index contributed by atoms with van der Waals surface area (Å²) in [5.74, 6) is 1.31. The molecule has 0 aromatic carbocycles. The molecule has 3 rings (SSSR count). The summed E-state index contributed by atoms with van der Waals surface area (Å²) in [6, 6.07) is 0. The largest absolute Gasteiger partial charge is 0.355 e. The number of amidine groups is 1. The first-order valence-corrected chi connectivity index (χ1v) is 6.13. The van der Waals surface area contributed by atoms with Crippen LogP contribution in [-0.4, -0.2) is 24.0 Å². The summed E-state index contributed by atoms with van der Waals surface area (Å²) in [7, 11) is 0. The third-order valence-corrected chi connectivity index (χ3v) is 3.11. The van der Waals surface area contributed by atoms with Crippen LogP contribution in [0.25, 0.3) is 0 Å². The molecule has 1 aliphatic heterocycles. The fraction of sp³-hybridized carbons (Fsp3) is 0.462. The van der Waals surface area contributed by atoms with Crippen molar-refractivity contribution >= 4 is 17.5 Å². The van der Waals surface area contributed by atoms with Gasteiger partial charge in [0.25, 0.3) is 0 Å². The van der Waals surface area contributed by atoms with Crippen molar-refractivity contribution in [3.63, 3.8) is 0 Å². The number of carbonyl (C=O) groups is 1. The van der Waals surface area contributed by atoms with Crippen LogP contribution in [0, 0.1) is 5.92 Å². The van der Waals surface area contributed by atoms with E-state index in [9.17, 15) is 4.79 Å². The molecule has 3 aliphatic rings. The zero-order valence-electron chi connectivity index (χ0n) is 9.65. The number of nitrogens with zero attached hydrogens (tertiary/aromatic N) is 2. The molecule has 1 saturated carbocycles. The van der Waals surface area contributed by atoms with E-state index in [4.69, 9.17) is 0 Å². The molecule has 1 fully saturated rings. The maximum Gasteiger partial charge on any atom is 0.223 e. The first-order chi connectivity index (χ1) is 8.33. The van der Waals surface area contributed by atoms with Gasteiger partial charge in [-0.2, -0.15) is 0 Å². The van der Waals surface area contributed by atoms with Crippen LogP contribution in [0.3, 0.4) is 0 Å². The Labute approximate surface area is 100 Å². The normalized spacial score (nSPS) is 21.5. The molecular weight excluding hydrogens is 214 g/mol. The summed E-state index contributed by atoms with van der Waals surface area (Å²) in [4.78, 5) is 20.3. The lowest BCUT2D eigenvalue weighted by Gasteiger charge is -2.01. The summed E-state index contributed by atoms with van der Waals surface area (Å²) in [6.45, 7) is 0.644. The summed E-state index contributed by atoms with van der Waals surface area (Å²) >= 11 is 0. The highest BCUT2D eigenvalue weighted by Crippen LogP contribution is 2.28. The highest BCUT2D eigenvalue weighted by molar-refractivity contribution is 6.14. The van der Waals surface area contributed by atoms with Crippen LogP contribution in [0.15, 0.2) is 33.9 Å². The molecule has 0 unspecified atom stereocenters. The average Bonchev–Trinajstić information content (AvgIpc) is 3.09. The van der Waals surface area contributed by atoms with Gasteiger partial charge < -0.3 is 5.32 Å². The Morgan fingerprint density at radius 2 is 2.29 bits per heavy atom. The van der Waals surface area contributed by atoms with Gasteiger partial charge in [-0.05, 0) is 18.9 Å². The fourth-order valence-electron chi connectivity index (χ4n) is 1.96. The summed E-state index contributed by atoms with van der Waals surface area (Å²) in [5.41, 5.74) is 2.03. The number of carbonyl (C=O) groups excluding carboxylic acids is 1. The fourth-order valence-corrected chi connectivity index (χ4v) is 1.96. The Morgan fingerprint density at radius 3 is 3.06 bits per heavy atom. The SMILES string of the molecule is O=C(NCCC1=NC2=CC=CCC2=N1)C1CC1. The highest BCUT2D eigenvalue weighted by Gasteiger charge is 2.29. The van der Waals surface area contributed by atoms with Gasteiger partial charge >= 0.3 is 0 Å². The number of amides is 1. The quantitative estimate of drug-likeness (QED) is 0.782. The van der Waals surface area contributed by atoms with Crippen molar-refractivity contribution in [2.75, 3.05) is 6.54 Å². The van der Waals surface area contributed by atoms with E-state index in [2.05, 4.69) is 21.4 Å². The smallest absolute Gasteiger partial charge is 0.223 e. The summed E-state index contributed by atoms with van der Waals surface area (Å²) in [6.07, 6.45) is 9.76. The zero-order valence-corrected chi connectivity index (χ0v) is 9.65. The Morgan fingerprint density at radius 1 is 1.41 bits per heavy atom. The van der Waals surface area contributed by atoms with Gasteiger partial charge in [0.1, 0.15) is 5.84 Å². The molecule has 1 amide bonds. The van der Waals surface area contributed by atoms with Gasteiger partial charge in [0.05, 0.1) is 11.4 Å². The predicted octanol–water partition coefficient (Wildman–Crippen LogP) is 1.60. The number of allylic oxidation sites excluding steroid dienone is 4. The lowest BCUT2D eigenvalue weighted by atomic mass is 10.1. The topological polar surface area (TPSA) is 53.8 Å². The number of hydrogen-bond acceptors (Lipinski definition) is 3. The van der Waals surface area contributed by atoms with Crippen LogP contribution in [0.1, 0.15) is 25.7 Å². The van der Waals surface area contributed by atoms with Gasteiger partial charge in [-0.1, -0.05) is 12.2 Å². The number of aliphatic imine (C=N–C) groups is 2. The standard InChI is InChI=1S/C13H15N3O/c17-13(9-5-6-9)14-8-7-12-15-10-3-1-2-4-11(10)16-12/h1-3,9H,4-8H2,(H,14,17). The number of fused-ring (bicyclic) bond motifs is 1. The molecule has 0 atom stereocenters. The zero-order chi connectivity index (χ0) is 11.7. The number of nitrogens with one attached hydrogen (secondary N) is 1. The van der Waals surface area contributed by atoms with E-state index in [-0.39, 0.29) is 11.8 Å². The van der Waals surface area contributed by atoms with Crippen molar-refractivity contribution in [1.82, 2.24) is 5.32 Å². The Balaban J connectivity index is 1.50. The third kappa shape index (κ3) is 2.35. The predicted molar refractivity (Wildman–Crippen MR) is 67.1 cm³/mol. The molecule has 0 aromatic heterocycles. The Kier molecular flexibility index (Phi) is 2.63. The first-order valence-electron chi connectivity index (χ1n) is 6.13. The van der Waals surface area contributed by atoms with Gasteiger partial charge in [0.15, 0.2) is 0 Å². The number of hydrogen-bond donors (Lipinski definition) is 1. The van der Waals surface area contributed by atoms with Crippen molar-refractivity contribution in [3.8, 4) is 0 Å². The van der Waals surface area contributed by atoms with Crippen LogP contribution < -0.4 is 5.32 Å². The maximum absolute atomic E-state index is 11.4. The van der Waals surface area contributed by atoms with Crippen molar-refractivity contribution in [3.05, 3.63) is 23.9 Å². The molecular formula is C13H15N3O. The van der Waals surface area contributed by atoms with E-state index in [1.165, 1.54) is 0 Å². The second kappa shape index (κ2) is 4.28. The van der Waals surface area contributed by atoms with Gasteiger partial charge in [-0.15, -0.1) is 0 Å². The number of rotatable bonds is 4. The Hall–Kier alpha value is -1.71. The van der Waals surface area contributed by atoms with E-state index < -0.39 is 0 Å². The van der Waals surface area contributed by atoms with Crippen LogP contribution >= 0.6 is 0 Å². The molecule has 88 valence electrons. The minimum atomic E-state index is 0.189. The van der Waals surface area contributed by atoms with Crippen LogP contribution in [-0.2, 0) is 4.79 Å². The second-order valence-corrected chi connectivity index (χ2v) is 4.59. The molecule has 1 heterocycles. The molecule has 0 saturated heterocycles. The van der Waals surface area contributed by atoms with Crippen molar-refractivity contribution in [1.29, 1.82) is 0 Å². The minimum Gasteiger partial charge on any atom is -0.355 e. The van der Waals surface area contributed by atoms with Gasteiger partial charge in [-0.3, -0.25) is 4.79 Å². The monoisotopic (exact) mass is 229 g/mol. The van der Waals surface area contributed by atoms with Crippen LogP contribution in [0.5, 0.6) is 0 Å². The van der Waals surface area contributed by atoms with Crippen LogP contribution in [0.2, 0.25) is 0 Å². The molecule has 2 aliphatic carbocycles. The molecule has 0 radical (unpaired) electrons. The van der Waals surface area contributed by atoms with Crippen molar-refractivity contribution in [2.24, 2.45) is 15.9 Å². The maximum atomic E-state index is 11.4. The lowest BCUT2D eigenvalue weighted by molar-refractivity contribution is -0.122. The lowest BCUT2D eigenvalue weighted by Crippen LogP contribution is -2.26. The van der Waals surface area contributed by atoms with Crippen LogP contribution in [0.4, 0.5) is 0 Å². The molecule has 0 aromatic rings. The van der Waals surface area contributed by atoms with E-state index in [1.54, 1.807) is 0 Å². The second-order valence-electron chi connectivity index (χ2n) is 4.59. The molecule has 4 heteroatoms. The highest BCUT2D eigenvalue weighted by atomic mass is 16.2. The van der Waals surface area contributed by atoms with E-state index >= 15 is 0 Å². The molecule has 0 bridgehead atoms. The third-order valence-electron chi connectivity index (χ3n) is 3.11. The van der Waals surface area contributed by atoms with E-state index in [0.29, 0.717) is 6.54 Å². The van der Waals surface area contributed by atoms with E-state index in [1.807, 2.05) is 12.2 Å². The van der Waals surface area contributed by atoms with E-state index in [0.717, 1.165) is 42.9 Å². The molecule has 0 spiro atoms. The summed E-state index contributed by atoms with van der Waals surface area (Å²) in [5, 5.41) is 2.93. The minimum absolute atomic E-state index is 0.189. The summed E-state index contributed by atoms with van der Waals surface area (Å²) < 4.78 is 0. The molecule has 17 heavy (non-hydrogen) atoms. The first kappa shape index (κ1) is 10.4.